The highest BCUT2D eigenvalue weighted by molar-refractivity contribution is 8.18. The summed E-state index contributed by atoms with van der Waals surface area (Å²) in [6.45, 7) is 0. The van der Waals surface area contributed by atoms with Crippen molar-refractivity contribution in [1.29, 1.82) is 0 Å². The van der Waals surface area contributed by atoms with Gasteiger partial charge in [-0.2, -0.15) is 0 Å². The van der Waals surface area contributed by atoms with Crippen LogP contribution in [-0.4, -0.2) is 22.0 Å². The number of benzene rings is 2. The van der Waals surface area contributed by atoms with E-state index in [4.69, 9.17) is 4.42 Å². The fraction of sp³-hybridized carbons (Fsp3) is 0.231. The second kappa shape index (κ2) is 9.35. The van der Waals surface area contributed by atoms with Gasteiger partial charge in [-0.25, -0.2) is 13.8 Å². The number of carbonyl (C=O) groups excluding carboxylic acids is 1. The van der Waals surface area contributed by atoms with E-state index in [1.807, 2.05) is 0 Å². The second-order valence-electron chi connectivity index (χ2n) is 8.13. The van der Waals surface area contributed by atoms with E-state index < -0.39 is 5.82 Å². The van der Waals surface area contributed by atoms with Gasteiger partial charge in [-0.15, -0.1) is 0 Å². The minimum Gasteiger partial charge on any atom is -0.457 e. The molecule has 1 saturated carbocycles. The molecule has 0 bridgehead atoms. The van der Waals surface area contributed by atoms with Crippen molar-refractivity contribution in [3.05, 3.63) is 83.0 Å². The van der Waals surface area contributed by atoms with E-state index in [2.05, 4.69) is 4.99 Å². The Kier molecular flexibility index (Phi) is 6.13. The smallest absolute Gasteiger partial charge is 0.267 e. The first-order valence-electron chi connectivity index (χ1n) is 11.0. The van der Waals surface area contributed by atoms with Crippen LogP contribution >= 0.6 is 11.8 Å². The van der Waals surface area contributed by atoms with Gasteiger partial charge >= 0.3 is 0 Å². The van der Waals surface area contributed by atoms with Crippen molar-refractivity contribution in [2.45, 2.75) is 38.1 Å². The maximum atomic E-state index is 14.3. The van der Waals surface area contributed by atoms with E-state index >= 15 is 0 Å². The number of amides is 1. The molecule has 0 unspecified atom stereocenters. The zero-order valence-corrected chi connectivity index (χ0v) is 18.7. The normalized spacial score (nSPS) is 19.7. The van der Waals surface area contributed by atoms with E-state index in [1.165, 1.54) is 30.0 Å². The molecule has 2 aliphatic rings. The highest BCUT2D eigenvalue weighted by Crippen LogP contribution is 2.39. The van der Waals surface area contributed by atoms with Gasteiger partial charge in [0.05, 0.1) is 4.91 Å². The lowest BCUT2D eigenvalue weighted by atomic mass is 9.94. The second-order valence-corrected chi connectivity index (χ2v) is 9.14. The van der Waals surface area contributed by atoms with Crippen molar-refractivity contribution >= 4 is 34.6 Å². The Morgan fingerprint density at radius 3 is 2.48 bits per heavy atom. The third-order valence-electron chi connectivity index (χ3n) is 5.87. The van der Waals surface area contributed by atoms with E-state index in [-0.39, 0.29) is 23.5 Å². The van der Waals surface area contributed by atoms with Crippen molar-refractivity contribution < 1.29 is 18.0 Å². The molecule has 5 rings (SSSR count). The lowest BCUT2D eigenvalue weighted by Crippen LogP contribution is -2.40. The fourth-order valence-corrected chi connectivity index (χ4v) is 5.23. The Labute approximate surface area is 195 Å². The Bertz CT molecular complexity index is 1230. The summed E-state index contributed by atoms with van der Waals surface area (Å²) < 4.78 is 33.4. The van der Waals surface area contributed by atoms with Crippen molar-refractivity contribution in [3.8, 4) is 11.3 Å². The summed E-state index contributed by atoms with van der Waals surface area (Å²) in [5, 5.41) is 0.494. The quantitative estimate of drug-likeness (QED) is 0.385. The number of rotatable bonds is 4. The van der Waals surface area contributed by atoms with Gasteiger partial charge in [0.1, 0.15) is 28.8 Å². The molecule has 7 heteroatoms. The molecule has 0 N–H and O–H groups in total. The molecule has 2 heterocycles. The van der Waals surface area contributed by atoms with Crippen LogP contribution in [0.1, 0.15) is 37.9 Å². The molecule has 33 heavy (non-hydrogen) atoms. The summed E-state index contributed by atoms with van der Waals surface area (Å²) in [7, 11) is 0. The van der Waals surface area contributed by atoms with Gasteiger partial charge < -0.3 is 4.42 Å². The molecular weight excluding hydrogens is 442 g/mol. The summed E-state index contributed by atoms with van der Waals surface area (Å²) in [5.74, 6) is 0.225. The predicted molar refractivity (Wildman–Crippen MR) is 127 cm³/mol. The topological polar surface area (TPSA) is 45.8 Å². The molecule has 1 aliphatic carbocycles. The van der Waals surface area contributed by atoms with Gasteiger partial charge in [-0.05, 0) is 73.1 Å². The zero-order valence-electron chi connectivity index (χ0n) is 17.8. The minimum atomic E-state index is -0.422. The van der Waals surface area contributed by atoms with Crippen LogP contribution in [0.5, 0.6) is 0 Å². The Morgan fingerprint density at radius 2 is 1.73 bits per heavy atom. The van der Waals surface area contributed by atoms with Gasteiger partial charge in [0.15, 0.2) is 5.17 Å². The minimum absolute atomic E-state index is 0.0570. The van der Waals surface area contributed by atoms with E-state index in [0.717, 1.165) is 37.7 Å². The molecule has 168 valence electrons. The molecule has 2 aromatic carbocycles. The van der Waals surface area contributed by atoms with Crippen molar-refractivity contribution in [2.24, 2.45) is 4.99 Å². The maximum absolute atomic E-state index is 14.3. The number of hydrogen-bond donors (Lipinski definition) is 0. The van der Waals surface area contributed by atoms with Gasteiger partial charge in [0.2, 0.25) is 0 Å². The van der Waals surface area contributed by atoms with Crippen LogP contribution in [0.2, 0.25) is 0 Å². The van der Waals surface area contributed by atoms with Crippen molar-refractivity contribution in [3.63, 3.8) is 0 Å². The molecule has 3 aromatic rings. The number of hydrogen-bond acceptors (Lipinski definition) is 4. The first kappa shape index (κ1) is 21.6. The average molecular weight is 465 g/mol. The molecule has 0 radical (unpaired) electrons. The SMILES string of the molecule is O=C1/C(=C/c2ccc(-c3ccc(F)cc3)o2)SC(=Nc2ccccc2F)N1C1CCCCC1. The number of aliphatic imine (C=N–C) groups is 1. The predicted octanol–water partition coefficient (Wildman–Crippen LogP) is 7.16. The first-order valence-corrected chi connectivity index (χ1v) is 11.8. The van der Waals surface area contributed by atoms with Crippen LogP contribution in [0.25, 0.3) is 17.4 Å². The highest BCUT2D eigenvalue weighted by atomic mass is 32.2. The highest BCUT2D eigenvalue weighted by Gasteiger charge is 2.39. The van der Waals surface area contributed by atoms with E-state index in [9.17, 15) is 13.6 Å². The third kappa shape index (κ3) is 4.64. The number of furan rings is 1. The molecule has 2 fully saturated rings. The molecule has 1 aliphatic heterocycles. The van der Waals surface area contributed by atoms with Gasteiger partial charge in [-0.3, -0.25) is 9.69 Å². The van der Waals surface area contributed by atoms with Crippen molar-refractivity contribution in [2.75, 3.05) is 0 Å². The van der Waals surface area contributed by atoms with Crippen LogP contribution in [0.4, 0.5) is 14.5 Å². The monoisotopic (exact) mass is 464 g/mol. The van der Waals surface area contributed by atoms with E-state index in [0.29, 0.717) is 21.6 Å². The van der Waals surface area contributed by atoms with Crippen LogP contribution in [0.3, 0.4) is 0 Å². The maximum Gasteiger partial charge on any atom is 0.267 e. The number of amidine groups is 1. The Morgan fingerprint density at radius 1 is 0.970 bits per heavy atom. The molecule has 1 aromatic heterocycles. The summed E-state index contributed by atoms with van der Waals surface area (Å²) in [6.07, 6.45) is 6.79. The third-order valence-corrected chi connectivity index (χ3v) is 6.86. The lowest BCUT2D eigenvalue weighted by molar-refractivity contribution is -0.124. The molecule has 1 amide bonds. The largest absolute Gasteiger partial charge is 0.457 e. The number of thioether (sulfide) groups is 1. The summed E-state index contributed by atoms with van der Waals surface area (Å²) >= 11 is 1.24. The standard InChI is InChI=1S/C26H22F2N2O2S/c27-18-12-10-17(11-13-18)23-15-14-20(32-23)16-24-25(31)30(19-6-2-1-3-7-19)26(33-24)29-22-9-5-4-8-21(22)28/h4-5,8-16,19H,1-3,6-7H2/b24-16-,29-26?. The number of nitrogens with zero attached hydrogens (tertiary/aromatic N) is 2. The van der Waals surface area contributed by atoms with Crippen LogP contribution in [-0.2, 0) is 4.79 Å². The zero-order chi connectivity index (χ0) is 22.8. The Hall–Kier alpha value is -3.19. The molecule has 1 saturated heterocycles. The molecule has 0 atom stereocenters. The fourth-order valence-electron chi connectivity index (χ4n) is 4.20. The lowest BCUT2D eigenvalue weighted by Gasteiger charge is -2.30. The number of para-hydroxylation sites is 1. The van der Waals surface area contributed by atoms with Gasteiger partial charge in [-0.1, -0.05) is 31.4 Å². The molecular formula is C26H22F2N2O2S. The average Bonchev–Trinajstić information content (AvgIpc) is 3.41. The summed E-state index contributed by atoms with van der Waals surface area (Å²) in [4.78, 5) is 20.1. The molecule has 4 nitrogen and oxygen atoms in total. The van der Waals surface area contributed by atoms with Crippen LogP contribution in [0, 0.1) is 11.6 Å². The number of carbonyl (C=O) groups is 1. The van der Waals surface area contributed by atoms with Crippen molar-refractivity contribution in [1.82, 2.24) is 4.90 Å². The first-order chi connectivity index (χ1) is 16.1. The van der Waals surface area contributed by atoms with E-state index in [1.54, 1.807) is 53.4 Å². The van der Waals surface area contributed by atoms with Crippen LogP contribution in [0.15, 0.2) is 75.0 Å². The van der Waals surface area contributed by atoms with Crippen LogP contribution < -0.4 is 0 Å². The van der Waals surface area contributed by atoms with Gasteiger partial charge in [0.25, 0.3) is 5.91 Å². The summed E-state index contributed by atoms with van der Waals surface area (Å²) in [5.41, 5.74) is 0.962. The molecule has 0 spiro atoms. The number of halogens is 2. The van der Waals surface area contributed by atoms with Gasteiger partial charge in [0, 0.05) is 17.7 Å². The Balaban J connectivity index is 1.47. The summed E-state index contributed by atoms with van der Waals surface area (Å²) in [6, 6.07) is 16.0.